The molecule has 1 heterocycles. The molecular weight excluding hydrogens is 222 g/mol. The van der Waals surface area contributed by atoms with Crippen LogP contribution in [0.5, 0.6) is 0 Å². The van der Waals surface area contributed by atoms with Crippen molar-refractivity contribution in [2.75, 3.05) is 19.8 Å². The summed E-state index contributed by atoms with van der Waals surface area (Å²) >= 11 is 0. The van der Waals surface area contributed by atoms with E-state index >= 15 is 0 Å². The van der Waals surface area contributed by atoms with Crippen LogP contribution in [0.2, 0.25) is 0 Å². The van der Waals surface area contributed by atoms with Gasteiger partial charge in [0.2, 0.25) is 5.91 Å². The maximum atomic E-state index is 11.9. The first kappa shape index (κ1) is 12.1. The minimum Gasteiger partial charge on any atom is -0.478 e. The molecule has 1 amide bonds. The molecule has 2 unspecified atom stereocenters. The van der Waals surface area contributed by atoms with Gasteiger partial charge in [-0.2, -0.15) is 0 Å². The lowest BCUT2D eigenvalue weighted by Crippen LogP contribution is -2.41. The zero-order valence-electron chi connectivity index (χ0n) is 9.67. The number of fused-ring (bicyclic) bond motifs is 1. The third-order valence-corrected chi connectivity index (χ3v) is 3.48. The van der Waals surface area contributed by atoms with E-state index in [9.17, 15) is 9.59 Å². The molecule has 2 aliphatic rings. The van der Waals surface area contributed by atoms with Crippen LogP contribution in [0.1, 0.15) is 19.3 Å². The number of hydrogen-bond acceptors (Lipinski definition) is 3. The zero-order chi connectivity index (χ0) is 12.3. The molecule has 0 aromatic rings. The molecule has 5 nitrogen and oxygen atoms in total. The van der Waals surface area contributed by atoms with Crippen molar-refractivity contribution in [3.05, 3.63) is 12.2 Å². The van der Waals surface area contributed by atoms with Gasteiger partial charge in [-0.15, -0.1) is 0 Å². The molecule has 2 atom stereocenters. The number of rotatable bonds is 2. The molecule has 5 heteroatoms. The Morgan fingerprint density at radius 2 is 2.12 bits per heavy atom. The number of carboxylic acid groups (broad SMARTS) is 1. The normalized spacial score (nSPS) is 29.1. The van der Waals surface area contributed by atoms with E-state index in [4.69, 9.17) is 9.84 Å². The summed E-state index contributed by atoms with van der Waals surface area (Å²) in [5, 5.41) is 8.52. The van der Waals surface area contributed by atoms with Crippen LogP contribution in [-0.4, -0.2) is 47.7 Å². The third-order valence-electron chi connectivity index (χ3n) is 3.48. The van der Waals surface area contributed by atoms with Gasteiger partial charge in [-0.3, -0.25) is 4.79 Å². The fourth-order valence-corrected chi connectivity index (χ4v) is 2.70. The SMILES string of the molecule is O=C(O)/C=C/C(=O)N1CCOCC2CCCC21. The van der Waals surface area contributed by atoms with E-state index in [0.29, 0.717) is 19.1 Å². The van der Waals surface area contributed by atoms with Crippen LogP contribution in [0.3, 0.4) is 0 Å². The largest absolute Gasteiger partial charge is 0.478 e. The van der Waals surface area contributed by atoms with Gasteiger partial charge in [-0.1, -0.05) is 6.42 Å². The van der Waals surface area contributed by atoms with Gasteiger partial charge in [0.05, 0.1) is 13.2 Å². The van der Waals surface area contributed by atoms with Crippen molar-refractivity contribution in [3.63, 3.8) is 0 Å². The molecule has 2 fully saturated rings. The van der Waals surface area contributed by atoms with Crippen LogP contribution in [0.25, 0.3) is 0 Å². The van der Waals surface area contributed by atoms with Crippen molar-refractivity contribution >= 4 is 11.9 Å². The molecular formula is C12H17NO4. The topological polar surface area (TPSA) is 66.8 Å². The number of ether oxygens (including phenoxy) is 1. The van der Waals surface area contributed by atoms with Gasteiger partial charge in [-0.05, 0) is 12.8 Å². The molecule has 0 aromatic carbocycles. The molecule has 2 rings (SSSR count). The van der Waals surface area contributed by atoms with Crippen molar-refractivity contribution < 1.29 is 19.4 Å². The number of carbonyl (C=O) groups is 2. The highest BCUT2D eigenvalue weighted by Gasteiger charge is 2.35. The molecule has 1 saturated heterocycles. The molecule has 94 valence electrons. The van der Waals surface area contributed by atoms with Gasteiger partial charge in [0.25, 0.3) is 0 Å². The fraction of sp³-hybridized carbons (Fsp3) is 0.667. The van der Waals surface area contributed by atoms with E-state index in [-0.39, 0.29) is 11.9 Å². The Hall–Kier alpha value is -1.36. The molecule has 0 radical (unpaired) electrons. The Morgan fingerprint density at radius 1 is 1.29 bits per heavy atom. The smallest absolute Gasteiger partial charge is 0.328 e. The standard InChI is InChI=1S/C12H17NO4/c14-11(4-5-12(15)16)13-6-7-17-8-9-2-1-3-10(9)13/h4-5,9-10H,1-3,6-8H2,(H,15,16)/b5-4+. The van der Waals surface area contributed by atoms with Gasteiger partial charge >= 0.3 is 5.97 Å². The molecule has 1 aliphatic heterocycles. The Labute approximate surface area is 100 Å². The summed E-state index contributed by atoms with van der Waals surface area (Å²) in [6.07, 6.45) is 5.25. The molecule has 1 aliphatic carbocycles. The van der Waals surface area contributed by atoms with Crippen LogP contribution in [0.15, 0.2) is 12.2 Å². The van der Waals surface area contributed by atoms with Gasteiger partial charge in [0.1, 0.15) is 0 Å². The predicted octanol–water partition coefficient (Wildman–Crippen LogP) is 0.655. The number of carboxylic acids is 1. The van der Waals surface area contributed by atoms with Crippen molar-refractivity contribution in [1.29, 1.82) is 0 Å². The predicted molar refractivity (Wildman–Crippen MR) is 60.4 cm³/mol. The van der Waals surface area contributed by atoms with E-state index in [1.54, 1.807) is 4.90 Å². The summed E-state index contributed by atoms with van der Waals surface area (Å²) in [5.74, 6) is -0.887. The fourth-order valence-electron chi connectivity index (χ4n) is 2.70. The second kappa shape index (κ2) is 5.31. The third kappa shape index (κ3) is 2.85. The Kier molecular flexibility index (Phi) is 3.78. The van der Waals surface area contributed by atoms with Crippen LogP contribution in [0, 0.1) is 5.92 Å². The summed E-state index contributed by atoms with van der Waals surface area (Å²) in [4.78, 5) is 24.1. The minimum atomic E-state index is -1.09. The highest BCUT2D eigenvalue weighted by atomic mass is 16.5. The average Bonchev–Trinajstić information content (AvgIpc) is 2.66. The van der Waals surface area contributed by atoms with Crippen molar-refractivity contribution in [1.82, 2.24) is 4.90 Å². The second-order valence-electron chi connectivity index (χ2n) is 4.54. The number of carbonyl (C=O) groups excluding carboxylic acids is 1. The summed E-state index contributed by atoms with van der Waals surface area (Å²) in [5.41, 5.74) is 0. The monoisotopic (exact) mass is 239 g/mol. The van der Waals surface area contributed by atoms with Crippen molar-refractivity contribution in [2.45, 2.75) is 25.3 Å². The number of aliphatic carboxylic acids is 1. The first-order valence-electron chi connectivity index (χ1n) is 5.98. The maximum Gasteiger partial charge on any atom is 0.328 e. The molecule has 0 spiro atoms. The van der Waals surface area contributed by atoms with E-state index in [1.807, 2.05) is 0 Å². The zero-order valence-corrected chi connectivity index (χ0v) is 9.67. The first-order valence-corrected chi connectivity index (χ1v) is 5.98. The van der Waals surface area contributed by atoms with Gasteiger partial charge in [0.15, 0.2) is 0 Å². The summed E-state index contributed by atoms with van der Waals surface area (Å²) in [7, 11) is 0. The van der Waals surface area contributed by atoms with Crippen LogP contribution in [-0.2, 0) is 14.3 Å². The number of nitrogens with zero attached hydrogens (tertiary/aromatic N) is 1. The van der Waals surface area contributed by atoms with Gasteiger partial charge < -0.3 is 14.7 Å². The highest BCUT2D eigenvalue weighted by molar-refractivity contribution is 5.94. The summed E-state index contributed by atoms with van der Waals surface area (Å²) in [6, 6.07) is 0.225. The van der Waals surface area contributed by atoms with Crippen LogP contribution < -0.4 is 0 Å². The maximum absolute atomic E-state index is 11.9. The second-order valence-corrected chi connectivity index (χ2v) is 4.54. The Balaban J connectivity index is 2.06. The Bertz CT molecular complexity index is 339. The van der Waals surface area contributed by atoms with Crippen molar-refractivity contribution in [2.24, 2.45) is 5.92 Å². The van der Waals surface area contributed by atoms with Crippen molar-refractivity contribution in [3.8, 4) is 0 Å². The molecule has 17 heavy (non-hydrogen) atoms. The van der Waals surface area contributed by atoms with Crippen LogP contribution >= 0.6 is 0 Å². The minimum absolute atomic E-state index is 0.213. The van der Waals surface area contributed by atoms with Crippen LogP contribution in [0.4, 0.5) is 0 Å². The van der Waals surface area contributed by atoms with E-state index in [1.165, 1.54) is 0 Å². The molecule has 0 bridgehead atoms. The lowest BCUT2D eigenvalue weighted by molar-refractivity contribution is -0.132. The first-order chi connectivity index (χ1) is 8.18. The average molecular weight is 239 g/mol. The lowest BCUT2D eigenvalue weighted by atomic mass is 10.0. The molecule has 1 N–H and O–H groups in total. The molecule has 0 aromatic heterocycles. The lowest BCUT2D eigenvalue weighted by Gasteiger charge is -2.28. The number of amides is 1. The molecule has 1 saturated carbocycles. The quantitative estimate of drug-likeness (QED) is 0.719. The highest BCUT2D eigenvalue weighted by Crippen LogP contribution is 2.31. The van der Waals surface area contributed by atoms with E-state index in [2.05, 4.69) is 0 Å². The Morgan fingerprint density at radius 3 is 2.88 bits per heavy atom. The number of hydrogen-bond donors (Lipinski definition) is 1. The summed E-state index contributed by atoms with van der Waals surface area (Å²) in [6.45, 7) is 1.82. The van der Waals surface area contributed by atoms with E-state index < -0.39 is 5.97 Å². The summed E-state index contributed by atoms with van der Waals surface area (Å²) < 4.78 is 5.48. The van der Waals surface area contributed by atoms with Gasteiger partial charge in [0, 0.05) is 30.7 Å². The van der Waals surface area contributed by atoms with E-state index in [0.717, 1.165) is 38.0 Å². The van der Waals surface area contributed by atoms with Gasteiger partial charge in [-0.25, -0.2) is 4.79 Å².